The Kier molecular flexibility index (Phi) is 5780. The summed E-state index contributed by atoms with van der Waals surface area (Å²) in [4.78, 5) is 8.00. The van der Waals surface area contributed by atoms with E-state index in [0.29, 0.717) is 0 Å². The van der Waals surface area contributed by atoms with Crippen LogP contribution in [-0.4, -0.2) is 5.48 Å². The van der Waals surface area contributed by atoms with Crippen molar-refractivity contribution in [1.82, 2.24) is 12.3 Å². The highest BCUT2D eigenvalue weighted by atomic mass is 16.6. The second-order valence-electron chi connectivity index (χ2n) is 0.0745. The van der Waals surface area contributed by atoms with Crippen molar-refractivity contribution in [1.29, 1.82) is 0 Å². The molecular weight excluding hydrogens is 90.0 g/mol. The van der Waals surface area contributed by atoms with Crippen LogP contribution in [0.15, 0.2) is 5.34 Å². The molecule has 0 rings (SSSR count). The Morgan fingerprint density at radius 3 is 1.33 bits per heavy atom. The zero-order valence-electron chi connectivity index (χ0n) is 3.71. The van der Waals surface area contributed by atoms with E-state index in [1.807, 2.05) is 0 Å². The van der Waals surface area contributed by atoms with Gasteiger partial charge in [-0.2, -0.15) is 0 Å². The van der Waals surface area contributed by atoms with Gasteiger partial charge in [-0.1, -0.05) is 0 Å². The van der Waals surface area contributed by atoms with E-state index in [2.05, 4.69) is 0 Å². The second-order valence-corrected chi connectivity index (χ2v) is 0.0745. The van der Waals surface area contributed by atoms with Crippen molar-refractivity contribution in [3.05, 3.63) is 10.1 Å². The number of rotatable bonds is 0. The van der Waals surface area contributed by atoms with Gasteiger partial charge < -0.3 is 27.9 Å². The van der Waals surface area contributed by atoms with E-state index in [-0.39, 0.29) is 17.8 Å². The molecule has 0 unspecified atom stereocenters. The van der Waals surface area contributed by atoms with Crippen molar-refractivity contribution < 1.29 is 5.48 Å². The van der Waals surface area contributed by atoms with Crippen LogP contribution in [0.2, 0.25) is 0 Å². The summed E-state index contributed by atoms with van der Waals surface area (Å²) in [6.07, 6.45) is 0. The quantitative estimate of drug-likeness (QED) is 0.341. The second kappa shape index (κ2) is 587. The van der Waals surface area contributed by atoms with Crippen LogP contribution in [-0.2, 0) is 0 Å². The molecule has 0 bridgehead atoms. The lowest BCUT2D eigenvalue weighted by molar-refractivity contribution is 0.824. The van der Waals surface area contributed by atoms with Gasteiger partial charge in [0, 0.05) is 0 Å². The highest BCUT2D eigenvalue weighted by Crippen LogP contribution is 1.34. The van der Waals surface area contributed by atoms with Crippen LogP contribution in [0, 0.1) is 10.1 Å². The number of quaternary nitrogens is 2. The molecular formula is H9N3O3. The maximum atomic E-state index is 8.00. The molecule has 42 valence electrons. The molecule has 0 aromatic heterocycles. The summed E-state index contributed by atoms with van der Waals surface area (Å²) < 4.78 is 0. The lowest BCUT2D eigenvalue weighted by Gasteiger charge is -1.51. The SMILES string of the molecule is O=N[O-].[NH4+].[NH4+].[OH-]. The molecule has 6 nitrogen and oxygen atoms in total. The average Bonchev–Trinajstić information content (AvgIpc) is 0.918. The predicted octanol–water partition coefficient (Wildman–Crippen LogP) is 0.826. The molecule has 0 fully saturated rings. The Hall–Kier alpha value is -0.720. The van der Waals surface area contributed by atoms with Gasteiger partial charge in [0.25, 0.3) is 0 Å². The lowest BCUT2D eigenvalue weighted by Crippen LogP contribution is -1.12. The molecule has 0 radical (unpaired) electrons. The molecule has 6 heteroatoms. The van der Waals surface area contributed by atoms with Crippen molar-refractivity contribution in [3.63, 3.8) is 0 Å². The van der Waals surface area contributed by atoms with Crippen molar-refractivity contribution in [2.24, 2.45) is 5.34 Å². The minimum Gasteiger partial charge on any atom is -0.870 e. The van der Waals surface area contributed by atoms with Gasteiger partial charge in [-0.15, -0.1) is 5.34 Å². The first kappa shape index (κ1) is 59.0. The van der Waals surface area contributed by atoms with E-state index in [9.17, 15) is 0 Å². The molecule has 0 aliphatic carbocycles. The fourth-order valence-electron chi connectivity index (χ4n) is 0. The Morgan fingerprint density at radius 1 is 1.33 bits per heavy atom. The van der Waals surface area contributed by atoms with Crippen LogP contribution in [0.25, 0.3) is 0 Å². The first-order valence-electron chi connectivity index (χ1n) is 0.365. The molecule has 0 aromatic rings. The maximum absolute atomic E-state index is 8.00. The van der Waals surface area contributed by atoms with Crippen LogP contribution in [0.4, 0.5) is 0 Å². The Bertz CT molecular complexity index is 13.5. The van der Waals surface area contributed by atoms with Crippen LogP contribution in [0.1, 0.15) is 0 Å². The zero-order valence-corrected chi connectivity index (χ0v) is 3.71. The highest BCUT2D eigenvalue weighted by molar-refractivity contribution is 4.21. The summed E-state index contributed by atoms with van der Waals surface area (Å²) in [7, 11) is 0. The third kappa shape index (κ3) is 32.9. The van der Waals surface area contributed by atoms with Gasteiger partial charge in [0.05, 0.1) is 0 Å². The van der Waals surface area contributed by atoms with Crippen LogP contribution >= 0.6 is 0 Å². The highest BCUT2D eigenvalue weighted by Gasteiger charge is 0.958. The monoisotopic (exact) mass is 99.1 g/mol. The minimum absolute atomic E-state index is 0. The van der Waals surface area contributed by atoms with Gasteiger partial charge in [0.1, 0.15) is 0 Å². The first-order valence-corrected chi connectivity index (χ1v) is 0.365. The van der Waals surface area contributed by atoms with E-state index >= 15 is 0 Å². The van der Waals surface area contributed by atoms with Gasteiger partial charge >= 0.3 is 0 Å². The third-order valence-corrected chi connectivity index (χ3v) is 0. The molecule has 0 spiro atoms. The predicted molar refractivity (Wildman–Crippen MR) is 23.1 cm³/mol. The molecule has 0 aromatic carbocycles. The molecule has 0 amide bonds. The smallest absolute Gasteiger partial charge is 0.112 e. The summed E-state index contributed by atoms with van der Waals surface area (Å²) in [5, 5.41) is 9.00. The van der Waals surface area contributed by atoms with Crippen molar-refractivity contribution in [3.8, 4) is 0 Å². The minimum atomic E-state index is 0. The largest absolute Gasteiger partial charge is 0.870 e. The van der Waals surface area contributed by atoms with E-state index < -0.39 is 0 Å². The molecule has 0 heterocycles. The standard InChI is InChI=1S/HNO2.2H3N.H2O/c2-1-3;;;/h(H,2,3);2*1H3;1H2. The Morgan fingerprint density at radius 2 is 1.33 bits per heavy atom. The molecule has 9 N–H and O–H groups in total. The first-order chi connectivity index (χ1) is 1.41. The van der Waals surface area contributed by atoms with E-state index in [0.717, 1.165) is 5.34 Å². The number of hydrogen-bond acceptors (Lipinski definition) is 4. The fourth-order valence-corrected chi connectivity index (χ4v) is 0. The van der Waals surface area contributed by atoms with Crippen molar-refractivity contribution in [2.75, 3.05) is 0 Å². The third-order valence-electron chi connectivity index (χ3n) is 0. The summed E-state index contributed by atoms with van der Waals surface area (Å²) in [6, 6.07) is 0. The summed E-state index contributed by atoms with van der Waals surface area (Å²) >= 11 is 0. The van der Waals surface area contributed by atoms with E-state index in [1.165, 1.54) is 0 Å². The molecule has 0 aliphatic rings. The molecule has 0 atom stereocenters. The molecule has 0 saturated heterocycles. The van der Waals surface area contributed by atoms with Crippen molar-refractivity contribution in [2.45, 2.75) is 0 Å². The average molecular weight is 99.1 g/mol. The van der Waals surface area contributed by atoms with Gasteiger partial charge in [-0.05, 0) is 0 Å². The van der Waals surface area contributed by atoms with E-state index in [4.69, 9.17) is 10.1 Å². The zero-order chi connectivity index (χ0) is 2.71. The van der Waals surface area contributed by atoms with Crippen LogP contribution in [0.3, 0.4) is 0 Å². The topological polar surface area (TPSA) is 155 Å². The lowest BCUT2D eigenvalue weighted by atomic mass is 13.4. The molecule has 0 aliphatic heterocycles. The van der Waals surface area contributed by atoms with E-state index in [1.54, 1.807) is 0 Å². The summed E-state index contributed by atoms with van der Waals surface area (Å²) in [6.45, 7) is 0. The number of nitrogens with zero attached hydrogens (tertiary/aromatic N) is 1. The van der Waals surface area contributed by atoms with Crippen LogP contribution < -0.4 is 12.3 Å². The van der Waals surface area contributed by atoms with Gasteiger partial charge in [-0.25, -0.2) is 0 Å². The van der Waals surface area contributed by atoms with Crippen LogP contribution in [0.5, 0.6) is 0 Å². The molecule has 0 saturated carbocycles. The van der Waals surface area contributed by atoms with Gasteiger partial charge in [0.15, 0.2) is 0 Å². The summed E-state index contributed by atoms with van der Waals surface area (Å²) in [5.41, 5.74) is 0. The fraction of sp³-hybridized carbons (Fsp3) is 0. The summed E-state index contributed by atoms with van der Waals surface area (Å²) in [5.74, 6) is 0. The molecule has 6 heavy (non-hydrogen) atoms. The normalized spacial score (nSPS) is 2.00. The van der Waals surface area contributed by atoms with Crippen molar-refractivity contribution >= 4 is 0 Å². The van der Waals surface area contributed by atoms with Gasteiger partial charge in [-0.3, -0.25) is 0 Å². The van der Waals surface area contributed by atoms with Gasteiger partial charge in [0.2, 0.25) is 0 Å². The maximum Gasteiger partial charge on any atom is -0.112 e. The Balaban J connectivity index is -0.00000000667. The Labute approximate surface area is 34.6 Å². The number of hydrogen-bond donors (Lipinski definition) is 2.